The SMILES string of the molecule is Cc1nc(-c2cncc(OCc3ccccc3)c2)c2c(N)c(C(N)=O)sc2n1. The first-order chi connectivity index (χ1) is 13.5. The van der Waals surface area contributed by atoms with Gasteiger partial charge in [0.25, 0.3) is 5.91 Å². The quantitative estimate of drug-likeness (QED) is 0.539. The van der Waals surface area contributed by atoms with E-state index in [0.29, 0.717) is 34.1 Å². The van der Waals surface area contributed by atoms with Crippen LogP contribution in [-0.4, -0.2) is 20.9 Å². The van der Waals surface area contributed by atoms with Gasteiger partial charge in [0.05, 0.1) is 23.0 Å². The van der Waals surface area contributed by atoms with E-state index in [-0.39, 0.29) is 10.6 Å². The molecule has 28 heavy (non-hydrogen) atoms. The maximum Gasteiger partial charge on any atom is 0.260 e. The van der Waals surface area contributed by atoms with Crippen LogP contribution >= 0.6 is 11.3 Å². The highest BCUT2D eigenvalue weighted by Crippen LogP contribution is 2.38. The molecule has 4 N–H and O–H groups in total. The lowest BCUT2D eigenvalue weighted by atomic mass is 10.1. The van der Waals surface area contributed by atoms with Gasteiger partial charge in [-0.2, -0.15) is 0 Å². The number of ether oxygens (including phenoxy) is 1. The maximum absolute atomic E-state index is 11.7. The van der Waals surface area contributed by atoms with Crippen LogP contribution < -0.4 is 16.2 Å². The summed E-state index contributed by atoms with van der Waals surface area (Å²) in [7, 11) is 0. The minimum atomic E-state index is -0.581. The number of nitrogens with zero attached hydrogens (tertiary/aromatic N) is 3. The summed E-state index contributed by atoms with van der Waals surface area (Å²) >= 11 is 1.16. The highest BCUT2D eigenvalue weighted by atomic mass is 32.1. The fourth-order valence-corrected chi connectivity index (χ4v) is 3.88. The van der Waals surface area contributed by atoms with Gasteiger partial charge >= 0.3 is 0 Å². The highest BCUT2D eigenvalue weighted by molar-refractivity contribution is 7.21. The van der Waals surface area contributed by atoms with Crippen molar-refractivity contribution in [3.63, 3.8) is 0 Å². The molecule has 0 aliphatic carbocycles. The second-order valence-corrected chi connectivity index (χ2v) is 7.19. The van der Waals surface area contributed by atoms with E-state index in [4.69, 9.17) is 16.2 Å². The summed E-state index contributed by atoms with van der Waals surface area (Å²) in [5.74, 6) is 0.590. The Labute approximate surface area is 165 Å². The van der Waals surface area contributed by atoms with Crippen molar-refractivity contribution in [2.24, 2.45) is 5.73 Å². The van der Waals surface area contributed by atoms with Crippen LogP contribution in [0, 0.1) is 6.92 Å². The Morgan fingerprint density at radius 1 is 1.18 bits per heavy atom. The second-order valence-electron chi connectivity index (χ2n) is 6.19. The number of nitrogen functional groups attached to an aromatic ring is 1. The molecule has 0 saturated heterocycles. The average molecular weight is 391 g/mol. The first-order valence-electron chi connectivity index (χ1n) is 8.51. The summed E-state index contributed by atoms with van der Waals surface area (Å²) in [6, 6.07) is 11.7. The van der Waals surface area contributed by atoms with Crippen LogP contribution in [0.3, 0.4) is 0 Å². The largest absolute Gasteiger partial charge is 0.487 e. The number of amides is 1. The van der Waals surface area contributed by atoms with Crippen molar-refractivity contribution in [3.8, 4) is 17.0 Å². The molecule has 0 spiro atoms. The smallest absolute Gasteiger partial charge is 0.260 e. The van der Waals surface area contributed by atoms with Crippen LogP contribution in [0.2, 0.25) is 0 Å². The van der Waals surface area contributed by atoms with Crippen molar-refractivity contribution in [3.05, 3.63) is 65.1 Å². The van der Waals surface area contributed by atoms with Gasteiger partial charge in [0.1, 0.15) is 27.9 Å². The first kappa shape index (κ1) is 17.9. The zero-order chi connectivity index (χ0) is 19.7. The van der Waals surface area contributed by atoms with E-state index in [1.54, 1.807) is 19.3 Å². The molecular formula is C20H17N5O2S. The molecule has 140 valence electrons. The molecule has 0 aliphatic rings. The van der Waals surface area contributed by atoms with Crippen molar-refractivity contribution >= 4 is 33.1 Å². The Balaban J connectivity index is 1.75. The molecule has 0 aliphatic heterocycles. The predicted molar refractivity (Wildman–Crippen MR) is 109 cm³/mol. The molecule has 4 aromatic rings. The molecule has 1 amide bonds. The standard InChI is InChI=1S/C20H17N5O2S/c1-11-24-17(15-16(21)18(19(22)26)28-20(15)25-11)13-7-14(9-23-8-13)27-10-12-5-3-2-4-6-12/h2-9H,10,21H2,1H3,(H2,22,26). The van der Waals surface area contributed by atoms with Crippen molar-refractivity contribution in [2.75, 3.05) is 5.73 Å². The van der Waals surface area contributed by atoms with E-state index >= 15 is 0 Å². The Kier molecular flexibility index (Phi) is 4.62. The Hall–Kier alpha value is -3.52. The molecule has 1 aromatic carbocycles. The summed E-state index contributed by atoms with van der Waals surface area (Å²) in [5, 5.41) is 0.603. The molecule has 0 bridgehead atoms. The van der Waals surface area contributed by atoms with Gasteiger partial charge in [-0.25, -0.2) is 9.97 Å². The number of pyridine rings is 1. The lowest BCUT2D eigenvalue weighted by molar-refractivity contribution is 0.100. The number of carbonyl (C=O) groups is 1. The van der Waals surface area contributed by atoms with E-state index in [2.05, 4.69) is 15.0 Å². The van der Waals surface area contributed by atoms with Gasteiger partial charge in [-0.05, 0) is 18.6 Å². The van der Waals surface area contributed by atoms with E-state index in [1.165, 1.54) is 0 Å². The second kappa shape index (κ2) is 7.24. The minimum Gasteiger partial charge on any atom is -0.487 e. The monoisotopic (exact) mass is 391 g/mol. The van der Waals surface area contributed by atoms with Gasteiger partial charge < -0.3 is 16.2 Å². The topological polar surface area (TPSA) is 117 Å². The van der Waals surface area contributed by atoms with Crippen molar-refractivity contribution in [2.45, 2.75) is 13.5 Å². The van der Waals surface area contributed by atoms with Crippen LogP contribution in [0.4, 0.5) is 5.69 Å². The number of anilines is 1. The number of thiophene rings is 1. The van der Waals surface area contributed by atoms with Crippen LogP contribution in [0.1, 0.15) is 21.1 Å². The summed E-state index contributed by atoms with van der Waals surface area (Å²) in [6.07, 6.45) is 3.32. The number of aryl methyl sites for hydroxylation is 1. The molecule has 0 atom stereocenters. The molecule has 4 rings (SSSR count). The minimum absolute atomic E-state index is 0.278. The molecule has 0 saturated carbocycles. The Morgan fingerprint density at radius 2 is 1.96 bits per heavy atom. The van der Waals surface area contributed by atoms with Crippen LogP contribution in [0.15, 0.2) is 48.8 Å². The fourth-order valence-electron chi connectivity index (χ4n) is 2.89. The zero-order valence-electron chi connectivity index (χ0n) is 15.0. The molecule has 0 radical (unpaired) electrons. The third kappa shape index (κ3) is 3.37. The maximum atomic E-state index is 11.7. The predicted octanol–water partition coefficient (Wildman–Crippen LogP) is 3.32. The van der Waals surface area contributed by atoms with Gasteiger partial charge in [0, 0.05) is 11.8 Å². The van der Waals surface area contributed by atoms with Gasteiger partial charge in [0.2, 0.25) is 0 Å². The number of fused-ring (bicyclic) bond motifs is 1. The molecule has 0 unspecified atom stereocenters. The first-order valence-corrected chi connectivity index (χ1v) is 9.33. The third-order valence-corrected chi connectivity index (χ3v) is 5.27. The van der Waals surface area contributed by atoms with E-state index in [1.807, 2.05) is 36.4 Å². The third-order valence-electron chi connectivity index (χ3n) is 4.16. The van der Waals surface area contributed by atoms with E-state index in [0.717, 1.165) is 22.5 Å². The lowest BCUT2D eigenvalue weighted by Crippen LogP contribution is -2.10. The molecule has 0 fully saturated rings. The number of hydrogen-bond acceptors (Lipinski definition) is 7. The summed E-state index contributed by atoms with van der Waals surface area (Å²) < 4.78 is 5.86. The van der Waals surface area contributed by atoms with Crippen molar-refractivity contribution in [1.82, 2.24) is 15.0 Å². The fraction of sp³-hybridized carbons (Fsp3) is 0.100. The van der Waals surface area contributed by atoms with Crippen LogP contribution in [0.25, 0.3) is 21.5 Å². The number of benzene rings is 1. The Morgan fingerprint density at radius 3 is 2.71 bits per heavy atom. The van der Waals surface area contributed by atoms with Gasteiger partial charge in [-0.1, -0.05) is 30.3 Å². The van der Waals surface area contributed by atoms with Gasteiger partial charge in [-0.3, -0.25) is 9.78 Å². The molecule has 3 aromatic heterocycles. The number of nitrogens with two attached hydrogens (primary N) is 2. The Bertz CT molecular complexity index is 1170. The van der Waals surface area contributed by atoms with Gasteiger partial charge in [0.15, 0.2) is 0 Å². The lowest BCUT2D eigenvalue weighted by Gasteiger charge is -2.09. The van der Waals surface area contributed by atoms with Crippen molar-refractivity contribution < 1.29 is 9.53 Å². The zero-order valence-corrected chi connectivity index (χ0v) is 15.9. The number of carbonyl (C=O) groups excluding carboxylic acids is 1. The highest BCUT2D eigenvalue weighted by Gasteiger charge is 2.20. The normalized spacial score (nSPS) is 10.9. The molecule has 8 heteroatoms. The van der Waals surface area contributed by atoms with E-state index < -0.39 is 5.91 Å². The summed E-state index contributed by atoms with van der Waals surface area (Å²) in [6.45, 7) is 2.21. The van der Waals surface area contributed by atoms with E-state index in [9.17, 15) is 4.79 Å². The van der Waals surface area contributed by atoms with Crippen LogP contribution in [-0.2, 0) is 6.61 Å². The summed E-state index contributed by atoms with van der Waals surface area (Å²) in [5.41, 5.74) is 14.3. The van der Waals surface area contributed by atoms with Gasteiger partial charge in [-0.15, -0.1) is 11.3 Å². The molecular weight excluding hydrogens is 374 g/mol. The summed E-state index contributed by atoms with van der Waals surface area (Å²) in [4.78, 5) is 25.8. The molecule has 3 heterocycles. The number of hydrogen-bond donors (Lipinski definition) is 2. The van der Waals surface area contributed by atoms with Crippen LogP contribution in [0.5, 0.6) is 5.75 Å². The number of rotatable bonds is 5. The average Bonchev–Trinajstić information content (AvgIpc) is 3.03. The number of aromatic nitrogens is 3. The van der Waals surface area contributed by atoms with Crippen molar-refractivity contribution in [1.29, 1.82) is 0 Å². The molecule has 7 nitrogen and oxygen atoms in total. The number of primary amides is 1.